The molecule has 0 aromatic heterocycles. The summed E-state index contributed by atoms with van der Waals surface area (Å²) in [6.45, 7) is 3.72. The lowest BCUT2D eigenvalue weighted by Crippen LogP contribution is -2.44. The number of carbonyl (C=O) groups is 2. The molecule has 2 N–H and O–H groups in total. The van der Waals surface area contributed by atoms with Crippen molar-refractivity contribution in [3.8, 4) is 5.75 Å². The highest BCUT2D eigenvalue weighted by molar-refractivity contribution is 5.77. The van der Waals surface area contributed by atoms with Crippen molar-refractivity contribution in [3.63, 3.8) is 0 Å². The van der Waals surface area contributed by atoms with Crippen molar-refractivity contribution in [3.05, 3.63) is 30.1 Å². The molecule has 6 heteroatoms. The van der Waals surface area contributed by atoms with Gasteiger partial charge < -0.3 is 15.2 Å². The van der Waals surface area contributed by atoms with Crippen LogP contribution in [0.15, 0.2) is 24.3 Å². The van der Waals surface area contributed by atoms with Gasteiger partial charge in [-0.1, -0.05) is 0 Å². The molecule has 0 saturated carbocycles. The van der Waals surface area contributed by atoms with Gasteiger partial charge in [-0.25, -0.2) is 4.39 Å². The van der Waals surface area contributed by atoms with E-state index in [-0.39, 0.29) is 31.2 Å². The number of carboxylic acids is 1. The van der Waals surface area contributed by atoms with Crippen molar-refractivity contribution >= 4 is 11.9 Å². The quantitative estimate of drug-likeness (QED) is 0.772. The number of benzene rings is 1. The molecule has 0 bridgehead atoms. The number of hydrogen-bond acceptors (Lipinski definition) is 3. The van der Waals surface area contributed by atoms with Crippen molar-refractivity contribution < 1.29 is 23.8 Å². The summed E-state index contributed by atoms with van der Waals surface area (Å²) < 4.78 is 18.0. The van der Waals surface area contributed by atoms with Crippen LogP contribution in [0.4, 0.5) is 4.39 Å². The molecule has 1 amide bonds. The first-order valence-corrected chi connectivity index (χ1v) is 6.70. The Bertz CT molecular complexity index is 485. The Kier molecular flexibility index (Phi) is 6.14. The molecule has 0 fully saturated rings. The molecule has 0 unspecified atom stereocenters. The van der Waals surface area contributed by atoms with Gasteiger partial charge in [0, 0.05) is 12.0 Å². The highest BCUT2D eigenvalue weighted by Gasteiger charge is 2.21. The minimum atomic E-state index is -0.892. The van der Waals surface area contributed by atoms with E-state index < -0.39 is 11.5 Å². The third-order valence-electron chi connectivity index (χ3n) is 2.85. The highest BCUT2D eigenvalue weighted by Crippen LogP contribution is 2.13. The summed E-state index contributed by atoms with van der Waals surface area (Å²) in [5.41, 5.74) is -0.578. The van der Waals surface area contributed by atoms with Crippen LogP contribution in [0.25, 0.3) is 0 Å². The zero-order chi connectivity index (χ0) is 15.9. The van der Waals surface area contributed by atoms with E-state index in [0.29, 0.717) is 12.2 Å². The molecule has 0 aliphatic rings. The second-order valence-electron chi connectivity index (χ2n) is 5.38. The first-order chi connectivity index (χ1) is 9.78. The van der Waals surface area contributed by atoms with E-state index in [2.05, 4.69) is 5.32 Å². The maximum Gasteiger partial charge on any atom is 0.303 e. The normalized spacial score (nSPS) is 11.0. The Morgan fingerprint density at radius 1 is 1.24 bits per heavy atom. The molecular weight excluding hydrogens is 277 g/mol. The zero-order valence-corrected chi connectivity index (χ0v) is 12.2. The highest BCUT2D eigenvalue weighted by atomic mass is 19.1. The summed E-state index contributed by atoms with van der Waals surface area (Å²) in [5.74, 6) is -0.959. The van der Waals surface area contributed by atoms with Crippen LogP contribution in [0.1, 0.15) is 33.1 Å². The average Bonchev–Trinajstić information content (AvgIpc) is 2.38. The molecule has 0 radical (unpaired) electrons. The monoisotopic (exact) mass is 297 g/mol. The van der Waals surface area contributed by atoms with Gasteiger partial charge in [-0.2, -0.15) is 0 Å². The van der Waals surface area contributed by atoms with Crippen LogP contribution in [0.2, 0.25) is 0 Å². The summed E-state index contributed by atoms with van der Waals surface area (Å²) in [6, 6.07) is 5.54. The Balaban J connectivity index is 2.30. The fourth-order valence-electron chi connectivity index (χ4n) is 1.71. The lowest BCUT2D eigenvalue weighted by Gasteiger charge is -2.25. The van der Waals surface area contributed by atoms with Gasteiger partial charge >= 0.3 is 5.97 Å². The molecule has 1 aromatic rings. The van der Waals surface area contributed by atoms with Crippen LogP contribution in [-0.2, 0) is 9.59 Å². The first kappa shape index (κ1) is 16.9. The minimum Gasteiger partial charge on any atom is -0.493 e. The van der Waals surface area contributed by atoms with Gasteiger partial charge in [-0.05, 0) is 44.5 Å². The lowest BCUT2D eigenvalue weighted by molar-refractivity contribution is -0.137. The number of aliphatic carboxylic acids is 1. The van der Waals surface area contributed by atoms with Gasteiger partial charge in [0.2, 0.25) is 5.91 Å². The third kappa shape index (κ3) is 7.29. The summed E-state index contributed by atoms with van der Waals surface area (Å²) in [4.78, 5) is 22.3. The standard InChI is InChI=1S/C15H20FNO4/c1-15(2,9-7-14(19)20)17-13(18)8-10-21-12-5-3-11(16)4-6-12/h3-6H,7-10H2,1-2H3,(H,17,18)(H,19,20). The largest absolute Gasteiger partial charge is 0.493 e. The van der Waals surface area contributed by atoms with Crippen LogP contribution in [0.3, 0.4) is 0 Å². The number of rotatable bonds is 8. The van der Waals surface area contributed by atoms with Gasteiger partial charge in [0.15, 0.2) is 0 Å². The number of ether oxygens (including phenoxy) is 1. The molecule has 0 atom stereocenters. The van der Waals surface area contributed by atoms with Crippen LogP contribution in [0, 0.1) is 5.82 Å². The number of halogens is 1. The van der Waals surface area contributed by atoms with Gasteiger partial charge in [-0.15, -0.1) is 0 Å². The second-order valence-corrected chi connectivity index (χ2v) is 5.38. The number of carbonyl (C=O) groups excluding carboxylic acids is 1. The number of hydrogen-bond donors (Lipinski definition) is 2. The lowest BCUT2D eigenvalue weighted by atomic mass is 9.98. The SMILES string of the molecule is CC(C)(CCC(=O)O)NC(=O)CCOc1ccc(F)cc1. The van der Waals surface area contributed by atoms with Gasteiger partial charge in [0.25, 0.3) is 0 Å². The van der Waals surface area contributed by atoms with Gasteiger partial charge in [0.05, 0.1) is 13.0 Å². The molecule has 5 nitrogen and oxygen atoms in total. The smallest absolute Gasteiger partial charge is 0.303 e. The number of nitrogens with one attached hydrogen (secondary N) is 1. The molecule has 0 aliphatic carbocycles. The van der Waals surface area contributed by atoms with Crippen LogP contribution in [0.5, 0.6) is 5.75 Å². The Morgan fingerprint density at radius 2 is 1.86 bits per heavy atom. The molecule has 0 heterocycles. The van der Waals surface area contributed by atoms with Gasteiger partial charge in [-0.3, -0.25) is 9.59 Å². The predicted octanol–water partition coefficient (Wildman–Crippen LogP) is 2.35. The molecular formula is C15H20FNO4. The van der Waals surface area contributed by atoms with Crippen LogP contribution < -0.4 is 10.1 Å². The maximum absolute atomic E-state index is 12.7. The second kappa shape index (κ2) is 7.61. The minimum absolute atomic E-state index is 0.000635. The molecule has 1 aromatic carbocycles. The average molecular weight is 297 g/mol. The number of carboxylic acid groups (broad SMARTS) is 1. The third-order valence-corrected chi connectivity index (χ3v) is 2.85. The van der Waals surface area contributed by atoms with Crippen molar-refractivity contribution in [2.75, 3.05) is 6.61 Å². The van der Waals surface area contributed by atoms with E-state index in [0.717, 1.165) is 0 Å². The van der Waals surface area contributed by atoms with E-state index in [1.165, 1.54) is 24.3 Å². The van der Waals surface area contributed by atoms with Gasteiger partial charge in [0.1, 0.15) is 11.6 Å². The van der Waals surface area contributed by atoms with Crippen molar-refractivity contribution in [2.45, 2.75) is 38.6 Å². The van der Waals surface area contributed by atoms with Crippen LogP contribution >= 0.6 is 0 Å². The molecule has 1 rings (SSSR count). The summed E-state index contributed by atoms with van der Waals surface area (Å²) in [5, 5.41) is 11.4. The molecule has 0 saturated heterocycles. The Morgan fingerprint density at radius 3 is 2.43 bits per heavy atom. The summed E-state index contributed by atoms with van der Waals surface area (Å²) >= 11 is 0. The van der Waals surface area contributed by atoms with Crippen LogP contribution in [-0.4, -0.2) is 29.1 Å². The Hall–Kier alpha value is -2.11. The van der Waals surface area contributed by atoms with Crippen molar-refractivity contribution in [2.24, 2.45) is 0 Å². The fraction of sp³-hybridized carbons (Fsp3) is 0.467. The molecule has 116 valence electrons. The zero-order valence-electron chi connectivity index (χ0n) is 12.2. The molecule has 0 aliphatic heterocycles. The predicted molar refractivity (Wildman–Crippen MR) is 75.6 cm³/mol. The van der Waals surface area contributed by atoms with E-state index in [4.69, 9.17) is 9.84 Å². The molecule has 21 heavy (non-hydrogen) atoms. The van der Waals surface area contributed by atoms with E-state index in [1.807, 2.05) is 0 Å². The van der Waals surface area contributed by atoms with E-state index in [9.17, 15) is 14.0 Å². The fourth-order valence-corrected chi connectivity index (χ4v) is 1.71. The van der Waals surface area contributed by atoms with E-state index in [1.54, 1.807) is 13.8 Å². The first-order valence-electron chi connectivity index (χ1n) is 6.70. The summed E-state index contributed by atoms with van der Waals surface area (Å²) in [6.07, 6.45) is 0.500. The Labute approximate surface area is 123 Å². The molecule has 0 spiro atoms. The van der Waals surface area contributed by atoms with Crippen molar-refractivity contribution in [1.29, 1.82) is 0 Å². The summed E-state index contributed by atoms with van der Waals surface area (Å²) in [7, 11) is 0. The number of amides is 1. The topological polar surface area (TPSA) is 75.6 Å². The maximum atomic E-state index is 12.7. The van der Waals surface area contributed by atoms with E-state index >= 15 is 0 Å². The van der Waals surface area contributed by atoms with Crippen molar-refractivity contribution in [1.82, 2.24) is 5.32 Å².